The first-order chi connectivity index (χ1) is 12.6. The average molecular weight is 360 g/mol. The molecule has 1 aromatic carbocycles. The molecule has 7 heteroatoms. The molecular formula is C19H24N2O5. The van der Waals surface area contributed by atoms with Crippen molar-refractivity contribution in [2.75, 3.05) is 32.8 Å². The molecule has 2 unspecified atom stereocenters. The molecule has 3 aliphatic heterocycles. The summed E-state index contributed by atoms with van der Waals surface area (Å²) in [4.78, 5) is 28.1. The molecule has 7 nitrogen and oxygen atoms in total. The van der Waals surface area contributed by atoms with Gasteiger partial charge in [-0.2, -0.15) is 0 Å². The first-order valence-corrected chi connectivity index (χ1v) is 9.28. The molecule has 26 heavy (non-hydrogen) atoms. The number of fused-ring (bicyclic) bond motifs is 1. The van der Waals surface area contributed by atoms with Gasteiger partial charge in [-0.15, -0.1) is 0 Å². The largest absolute Gasteiger partial charge is 0.486 e. The van der Waals surface area contributed by atoms with E-state index >= 15 is 0 Å². The summed E-state index contributed by atoms with van der Waals surface area (Å²) in [6.45, 7) is 3.32. The highest BCUT2D eigenvalue weighted by molar-refractivity contribution is 6.02. The number of nitrogens with zero attached hydrogens (tertiary/aromatic N) is 2. The summed E-state index contributed by atoms with van der Waals surface area (Å²) in [5, 5.41) is 11.1. The molecule has 2 saturated heterocycles. The molecule has 140 valence electrons. The highest BCUT2D eigenvalue weighted by Gasteiger charge is 2.40. The Balaban J connectivity index is 1.61. The Bertz CT molecular complexity index is 685. The lowest BCUT2D eigenvalue weighted by atomic mass is 9.99. The first-order valence-electron chi connectivity index (χ1n) is 9.28. The number of benzene rings is 1. The van der Waals surface area contributed by atoms with E-state index in [1.807, 2.05) is 0 Å². The van der Waals surface area contributed by atoms with Gasteiger partial charge in [-0.25, -0.2) is 0 Å². The zero-order chi connectivity index (χ0) is 18.1. The first kappa shape index (κ1) is 17.3. The molecule has 2 fully saturated rings. The Kier molecular flexibility index (Phi) is 4.82. The predicted octanol–water partition coefficient (Wildman–Crippen LogP) is 1.10. The van der Waals surface area contributed by atoms with E-state index in [1.165, 1.54) is 4.90 Å². The van der Waals surface area contributed by atoms with Crippen molar-refractivity contribution in [1.29, 1.82) is 0 Å². The molecule has 0 saturated carbocycles. The topological polar surface area (TPSA) is 79.3 Å². The molecule has 3 heterocycles. The van der Waals surface area contributed by atoms with Crippen LogP contribution in [-0.2, 0) is 9.59 Å². The maximum atomic E-state index is 12.3. The van der Waals surface area contributed by atoms with Crippen LogP contribution in [0.4, 0.5) is 0 Å². The van der Waals surface area contributed by atoms with Crippen LogP contribution in [0.3, 0.4) is 0 Å². The third-order valence-corrected chi connectivity index (χ3v) is 5.34. The second-order valence-electron chi connectivity index (χ2n) is 7.08. The number of imide groups is 1. The number of carbonyl (C=O) groups is 2. The number of amides is 2. The molecule has 0 aromatic heterocycles. The number of likely N-dealkylation sites (tertiary alicyclic amines) is 2. The second kappa shape index (κ2) is 7.25. The standard InChI is InChI=1S/C19H24N2O5/c22-17-5-6-18(23)21(17)14(12-20-7-1-2-8-20)19(24)13-3-4-15-16(11-13)26-10-9-25-15/h3-4,11,14,19,24H,1-2,5-10,12H2. The summed E-state index contributed by atoms with van der Waals surface area (Å²) >= 11 is 0. The maximum Gasteiger partial charge on any atom is 0.230 e. The lowest BCUT2D eigenvalue weighted by molar-refractivity contribution is -0.144. The van der Waals surface area contributed by atoms with E-state index in [1.54, 1.807) is 18.2 Å². The van der Waals surface area contributed by atoms with Crippen LogP contribution in [0.1, 0.15) is 37.4 Å². The Morgan fingerprint density at radius 2 is 1.65 bits per heavy atom. The zero-order valence-electron chi connectivity index (χ0n) is 14.7. The van der Waals surface area contributed by atoms with Gasteiger partial charge in [-0.3, -0.25) is 14.5 Å². The van der Waals surface area contributed by atoms with E-state index in [-0.39, 0.29) is 24.7 Å². The SMILES string of the molecule is O=C1CCC(=O)N1C(CN1CCCC1)C(O)c1ccc2c(c1)OCCO2. The molecule has 3 aliphatic rings. The molecule has 4 rings (SSSR count). The maximum absolute atomic E-state index is 12.3. The minimum Gasteiger partial charge on any atom is -0.486 e. The van der Waals surface area contributed by atoms with Crippen molar-refractivity contribution >= 4 is 11.8 Å². The van der Waals surface area contributed by atoms with Gasteiger partial charge in [0.15, 0.2) is 11.5 Å². The summed E-state index contributed by atoms with van der Waals surface area (Å²) in [5.74, 6) is 0.843. The number of hydrogen-bond donors (Lipinski definition) is 1. The van der Waals surface area contributed by atoms with Crippen LogP contribution in [0.15, 0.2) is 18.2 Å². The molecule has 0 aliphatic carbocycles. The van der Waals surface area contributed by atoms with Crippen molar-refractivity contribution in [3.8, 4) is 11.5 Å². The highest BCUT2D eigenvalue weighted by Crippen LogP contribution is 2.35. The minimum atomic E-state index is -0.961. The quantitative estimate of drug-likeness (QED) is 0.793. The van der Waals surface area contributed by atoms with Crippen molar-refractivity contribution < 1.29 is 24.2 Å². The Morgan fingerprint density at radius 1 is 1.00 bits per heavy atom. The molecule has 0 radical (unpaired) electrons. The number of carbonyl (C=O) groups excluding carboxylic acids is 2. The van der Waals surface area contributed by atoms with E-state index in [2.05, 4.69) is 4.90 Å². The van der Waals surface area contributed by atoms with Gasteiger partial charge in [-0.05, 0) is 43.6 Å². The van der Waals surface area contributed by atoms with Crippen LogP contribution in [0.2, 0.25) is 0 Å². The zero-order valence-corrected chi connectivity index (χ0v) is 14.7. The normalized spacial score (nSPS) is 22.7. The Morgan fingerprint density at radius 3 is 2.35 bits per heavy atom. The van der Waals surface area contributed by atoms with Crippen molar-refractivity contribution in [2.45, 2.75) is 37.8 Å². The summed E-state index contributed by atoms with van der Waals surface area (Å²) in [6.07, 6.45) is 1.70. The molecule has 0 bridgehead atoms. The molecular weight excluding hydrogens is 336 g/mol. The van der Waals surface area contributed by atoms with Crippen LogP contribution >= 0.6 is 0 Å². The number of aliphatic hydroxyl groups is 1. The van der Waals surface area contributed by atoms with Gasteiger partial charge >= 0.3 is 0 Å². The average Bonchev–Trinajstić information content (AvgIpc) is 3.29. The van der Waals surface area contributed by atoms with Crippen LogP contribution in [-0.4, -0.2) is 65.6 Å². The van der Waals surface area contributed by atoms with E-state index in [0.29, 0.717) is 36.8 Å². The molecule has 2 amide bonds. The summed E-state index contributed by atoms with van der Waals surface area (Å²) < 4.78 is 11.1. The Hall–Kier alpha value is -2.12. The number of ether oxygens (including phenoxy) is 2. The van der Waals surface area contributed by atoms with Gasteiger partial charge in [0.05, 0.1) is 6.04 Å². The van der Waals surface area contributed by atoms with Gasteiger partial charge in [-0.1, -0.05) is 6.07 Å². The van der Waals surface area contributed by atoms with Crippen molar-refractivity contribution in [3.05, 3.63) is 23.8 Å². The number of aliphatic hydroxyl groups excluding tert-OH is 1. The second-order valence-corrected chi connectivity index (χ2v) is 7.08. The van der Waals surface area contributed by atoms with E-state index in [0.717, 1.165) is 25.9 Å². The predicted molar refractivity (Wildman–Crippen MR) is 92.9 cm³/mol. The fraction of sp³-hybridized carbons (Fsp3) is 0.579. The van der Waals surface area contributed by atoms with Crippen molar-refractivity contribution in [1.82, 2.24) is 9.80 Å². The third kappa shape index (κ3) is 3.29. The summed E-state index contributed by atoms with van der Waals surface area (Å²) in [5.41, 5.74) is 0.631. The monoisotopic (exact) mass is 360 g/mol. The molecule has 1 N–H and O–H groups in total. The molecule has 2 atom stereocenters. The van der Waals surface area contributed by atoms with Gasteiger partial charge < -0.3 is 19.5 Å². The van der Waals surface area contributed by atoms with E-state index < -0.39 is 12.1 Å². The fourth-order valence-electron chi connectivity index (χ4n) is 3.98. The van der Waals surface area contributed by atoms with Gasteiger partial charge in [0.1, 0.15) is 19.3 Å². The third-order valence-electron chi connectivity index (χ3n) is 5.34. The van der Waals surface area contributed by atoms with Gasteiger partial charge in [0, 0.05) is 19.4 Å². The number of rotatable bonds is 5. The van der Waals surface area contributed by atoms with Crippen LogP contribution in [0, 0.1) is 0 Å². The van der Waals surface area contributed by atoms with E-state index in [4.69, 9.17) is 9.47 Å². The minimum absolute atomic E-state index is 0.198. The summed E-state index contributed by atoms with van der Waals surface area (Å²) in [6, 6.07) is 4.72. The van der Waals surface area contributed by atoms with Crippen LogP contribution < -0.4 is 9.47 Å². The van der Waals surface area contributed by atoms with Gasteiger partial charge in [0.2, 0.25) is 11.8 Å². The lowest BCUT2D eigenvalue weighted by Crippen LogP contribution is -2.49. The highest BCUT2D eigenvalue weighted by atomic mass is 16.6. The molecule has 0 spiro atoms. The lowest BCUT2D eigenvalue weighted by Gasteiger charge is -2.34. The van der Waals surface area contributed by atoms with Crippen molar-refractivity contribution in [3.63, 3.8) is 0 Å². The van der Waals surface area contributed by atoms with Gasteiger partial charge in [0.25, 0.3) is 0 Å². The van der Waals surface area contributed by atoms with Crippen molar-refractivity contribution in [2.24, 2.45) is 0 Å². The summed E-state index contributed by atoms with van der Waals surface area (Å²) in [7, 11) is 0. The fourth-order valence-corrected chi connectivity index (χ4v) is 3.98. The molecule has 1 aromatic rings. The number of hydrogen-bond acceptors (Lipinski definition) is 6. The van der Waals surface area contributed by atoms with Crippen LogP contribution in [0.5, 0.6) is 11.5 Å². The smallest absolute Gasteiger partial charge is 0.230 e. The van der Waals surface area contributed by atoms with E-state index in [9.17, 15) is 14.7 Å². The Labute approximate surface area is 152 Å². The van der Waals surface area contributed by atoms with Crippen LogP contribution in [0.25, 0.3) is 0 Å².